The molecule has 0 amide bonds. The van der Waals surface area contributed by atoms with Crippen molar-refractivity contribution in [1.29, 1.82) is 0 Å². The third-order valence-corrected chi connectivity index (χ3v) is 12.0. The Hall–Kier alpha value is -3.46. The van der Waals surface area contributed by atoms with E-state index in [2.05, 4.69) is 160 Å². The Morgan fingerprint density at radius 1 is 0.633 bits per heavy atom. The van der Waals surface area contributed by atoms with Crippen molar-refractivity contribution in [1.82, 2.24) is 0 Å². The molecule has 256 valence electrons. The maximum Gasteiger partial charge on any atom is 0.252 e. The second-order valence-corrected chi connectivity index (χ2v) is 18.9. The average Bonchev–Trinajstić information content (AvgIpc) is 3.02. The van der Waals surface area contributed by atoms with E-state index >= 15 is 0 Å². The first-order valence-electron chi connectivity index (χ1n) is 19.1. The largest absolute Gasteiger partial charge is 0.336 e. The van der Waals surface area contributed by atoms with E-state index in [1.807, 2.05) is 0 Å². The molecule has 2 aliphatic heterocycles. The highest BCUT2D eigenvalue weighted by molar-refractivity contribution is 7.00. The second-order valence-electron chi connectivity index (χ2n) is 18.9. The lowest BCUT2D eigenvalue weighted by molar-refractivity contribution is 0.318. The lowest BCUT2D eigenvalue weighted by atomic mass is 9.32. The maximum atomic E-state index is 2.87. The highest BCUT2D eigenvalue weighted by Gasteiger charge is 2.48. The minimum Gasteiger partial charge on any atom is -0.336 e. The number of fused-ring (bicyclic) bond motifs is 4. The molecule has 4 aromatic carbocycles. The van der Waals surface area contributed by atoms with E-state index in [4.69, 9.17) is 0 Å². The summed E-state index contributed by atoms with van der Waals surface area (Å²) in [5.41, 5.74) is 18.6. The van der Waals surface area contributed by atoms with E-state index < -0.39 is 0 Å². The monoisotopic (exact) mass is 650 g/mol. The van der Waals surface area contributed by atoms with E-state index in [9.17, 15) is 0 Å². The van der Waals surface area contributed by atoms with Crippen LogP contribution in [0.25, 0.3) is 0 Å². The first-order valence-corrected chi connectivity index (χ1v) is 19.1. The molecule has 4 aromatic rings. The SMILES string of the molecule is CCc1cc(C(C)(C)C)cc2c1N(C1(C)CCCCC1)c1cc(C)cc3c1B2c1cc(C(C)(C)C)ccc1N3c1ccc(C(C)(C)C)cc1. The van der Waals surface area contributed by atoms with Crippen LogP contribution in [0.2, 0.25) is 0 Å². The van der Waals surface area contributed by atoms with Crippen LogP contribution in [-0.2, 0) is 22.7 Å². The normalized spacial score (nSPS) is 17.1. The molecule has 0 bridgehead atoms. The summed E-state index contributed by atoms with van der Waals surface area (Å²) in [7, 11) is 0. The number of benzene rings is 4. The number of hydrogen-bond donors (Lipinski definition) is 0. The lowest BCUT2D eigenvalue weighted by Gasteiger charge is -2.53. The van der Waals surface area contributed by atoms with Crippen LogP contribution >= 0.6 is 0 Å². The first-order chi connectivity index (χ1) is 22.9. The fraction of sp³-hybridized carbons (Fsp3) is 0.478. The van der Waals surface area contributed by atoms with Gasteiger partial charge in [-0.3, -0.25) is 0 Å². The summed E-state index contributed by atoms with van der Waals surface area (Å²) in [4.78, 5) is 5.46. The molecule has 3 heteroatoms. The molecule has 0 radical (unpaired) electrons. The van der Waals surface area contributed by atoms with E-state index in [1.54, 1.807) is 0 Å². The van der Waals surface area contributed by atoms with Crippen molar-refractivity contribution in [2.45, 2.75) is 143 Å². The molecule has 0 saturated heterocycles. The van der Waals surface area contributed by atoms with Crippen molar-refractivity contribution < 1.29 is 0 Å². The Balaban J connectivity index is 1.61. The molecule has 0 unspecified atom stereocenters. The first kappa shape index (κ1) is 34.0. The molecule has 1 aliphatic carbocycles. The Morgan fingerprint density at radius 3 is 1.80 bits per heavy atom. The van der Waals surface area contributed by atoms with Crippen molar-refractivity contribution in [3.8, 4) is 0 Å². The zero-order valence-corrected chi connectivity index (χ0v) is 32.6. The molecule has 7 rings (SSSR count). The molecular formula is C46H59BN2. The van der Waals surface area contributed by atoms with Gasteiger partial charge >= 0.3 is 0 Å². The second kappa shape index (κ2) is 11.5. The minimum absolute atomic E-state index is 0.0472. The van der Waals surface area contributed by atoms with Gasteiger partial charge in [-0.25, -0.2) is 0 Å². The van der Waals surface area contributed by atoms with E-state index in [0.717, 1.165) is 6.42 Å². The van der Waals surface area contributed by atoms with Gasteiger partial charge in [0.25, 0.3) is 6.71 Å². The van der Waals surface area contributed by atoms with Gasteiger partial charge in [0, 0.05) is 34.0 Å². The molecular weight excluding hydrogens is 591 g/mol. The predicted octanol–water partition coefficient (Wildman–Crippen LogP) is 10.9. The van der Waals surface area contributed by atoms with Crippen molar-refractivity contribution in [3.05, 3.63) is 94.5 Å². The van der Waals surface area contributed by atoms with Crippen molar-refractivity contribution in [2.75, 3.05) is 9.80 Å². The van der Waals surface area contributed by atoms with Crippen LogP contribution in [0.3, 0.4) is 0 Å². The summed E-state index contributed by atoms with van der Waals surface area (Å²) in [5.74, 6) is 0. The number of nitrogens with zero attached hydrogens (tertiary/aromatic N) is 2. The smallest absolute Gasteiger partial charge is 0.252 e. The molecule has 0 spiro atoms. The van der Waals surface area contributed by atoms with Crippen LogP contribution in [0.1, 0.15) is 136 Å². The molecule has 1 saturated carbocycles. The van der Waals surface area contributed by atoms with Crippen molar-refractivity contribution in [2.24, 2.45) is 0 Å². The van der Waals surface area contributed by atoms with Crippen molar-refractivity contribution >= 4 is 51.5 Å². The highest BCUT2D eigenvalue weighted by Crippen LogP contribution is 2.49. The Kier molecular flexibility index (Phi) is 8.01. The van der Waals surface area contributed by atoms with Crippen LogP contribution in [0.4, 0.5) is 28.4 Å². The third kappa shape index (κ3) is 5.64. The molecule has 2 heterocycles. The van der Waals surface area contributed by atoms with E-state index in [0.29, 0.717) is 0 Å². The topological polar surface area (TPSA) is 6.48 Å². The van der Waals surface area contributed by atoms with Crippen LogP contribution in [0.5, 0.6) is 0 Å². The molecule has 49 heavy (non-hydrogen) atoms. The predicted molar refractivity (Wildman–Crippen MR) is 216 cm³/mol. The number of hydrogen-bond acceptors (Lipinski definition) is 2. The van der Waals surface area contributed by atoms with Gasteiger partial charge in [0.1, 0.15) is 0 Å². The van der Waals surface area contributed by atoms with Gasteiger partial charge in [0.2, 0.25) is 0 Å². The lowest BCUT2D eigenvalue weighted by Crippen LogP contribution is -2.65. The molecule has 0 atom stereocenters. The molecule has 3 aliphatic rings. The van der Waals surface area contributed by atoms with Crippen LogP contribution < -0.4 is 26.2 Å². The highest BCUT2D eigenvalue weighted by atomic mass is 15.2. The molecule has 0 aromatic heterocycles. The average molecular weight is 651 g/mol. The quantitative estimate of drug-likeness (QED) is 0.179. The summed E-state index contributed by atoms with van der Waals surface area (Å²) in [6, 6.07) is 27.0. The van der Waals surface area contributed by atoms with Crippen molar-refractivity contribution in [3.63, 3.8) is 0 Å². The van der Waals surface area contributed by atoms with Gasteiger partial charge in [0.15, 0.2) is 0 Å². The standard InChI is InChI=1S/C46H59BN2/c1-13-31-27-34(45(9,10)11)29-37-42(31)49(46(12)23-15-14-16-24-46)40-26-30(2)25-39-41(40)47(37)36-28-33(44(6,7)8)19-22-38(36)48(39)35-20-17-32(18-21-35)43(3,4)5/h17-22,25-29H,13-16,23-24H2,1-12H3. The maximum absolute atomic E-state index is 2.87. The molecule has 2 nitrogen and oxygen atoms in total. The fourth-order valence-corrected chi connectivity index (χ4v) is 9.01. The van der Waals surface area contributed by atoms with Crippen LogP contribution in [-0.4, -0.2) is 12.3 Å². The summed E-state index contributed by atoms with van der Waals surface area (Å²) < 4.78 is 0. The van der Waals surface area contributed by atoms with E-state index in [-0.39, 0.29) is 28.5 Å². The van der Waals surface area contributed by atoms with Gasteiger partial charge < -0.3 is 9.80 Å². The van der Waals surface area contributed by atoms with Crippen LogP contribution in [0.15, 0.2) is 66.7 Å². The van der Waals surface area contributed by atoms with Gasteiger partial charge in [-0.15, -0.1) is 0 Å². The summed E-state index contributed by atoms with van der Waals surface area (Å²) in [6.45, 7) is 28.6. The summed E-state index contributed by atoms with van der Waals surface area (Å²) >= 11 is 0. The minimum atomic E-state index is 0.0472. The van der Waals surface area contributed by atoms with Gasteiger partial charge in [0.05, 0.1) is 0 Å². The number of anilines is 5. The number of rotatable bonds is 3. The Bertz CT molecular complexity index is 1910. The zero-order valence-electron chi connectivity index (χ0n) is 32.6. The Morgan fingerprint density at radius 2 is 1.20 bits per heavy atom. The van der Waals surface area contributed by atoms with Gasteiger partial charge in [-0.1, -0.05) is 125 Å². The van der Waals surface area contributed by atoms with Gasteiger partial charge in [-0.2, -0.15) is 0 Å². The van der Waals surface area contributed by atoms with Gasteiger partial charge in [-0.05, 0) is 124 Å². The number of aryl methyl sites for hydroxylation is 2. The molecule has 0 N–H and O–H groups in total. The fourth-order valence-electron chi connectivity index (χ4n) is 9.01. The van der Waals surface area contributed by atoms with Crippen LogP contribution in [0, 0.1) is 6.92 Å². The summed E-state index contributed by atoms with van der Waals surface area (Å²) in [6.07, 6.45) is 7.42. The van der Waals surface area contributed by atoms with E-state index in [1.165, 1.54) is 105 Å². The Labute approximate surface area is 298 Å². The third-order valence-electron chi connectivity index (χ3n) is 12.0. The zero-order chi connectivity index (χ0) is 35.3. The summed E-state index contributed by atoms with van der Waals surface area (Å²) in [5, 5.41) is 0. The molecule has 1 fully saturated rings.